The lowest BCUT2D eigenvalue weighted by molar-refractivity contribution is -0.124. The predicted molar refractivity (Wildman–Crippen MR) is 77.8 cm³/mol. The van der Waals surface area contributed by atoms with E-state index in [9.17, 15) is 9.59 Å². The molecule has 0 aromatic heterocycles. The fourth-order valence-corrected chi connectivity index (χ4v) is 4.06. The summed E-state index contributed by atoms with van der Waals surface area (Å²) in [4.78, 5) is 26.9. The van der Waals surface area contributed by atoms with E-state index in [-0.39, 0.29) is 35.5 Å². The van der Waals surface area contributed by atoms with Crippen molar-refractivity contribution in [3.05, 3.63) is 36.4 Å². The number of fused-ring (bicyclic) bond motifs is 1. The third kappa shape index (κ3) is 1.68. The normalized spacial score (nSPS) is 33.5. The molecule has 1 heterocycles. The van der Waals surface area contributed by atoms with E-state index >= 15 is 0 Å². The maximum Gasteiger partial charge on any atom is 0.238 e. The van der Waals surface area contributed by atoms with Crippen molar-refractivity contribution in [3.63, 3.8) is 0 Å². The highest BCUT2D eigenvalue weighted by atomic mass is 16.5. The number of anilines is 1. The zero-order valence-corrected chi connectivity index (χ0v) is 11.9. The Hall–Kier alpha value is -2.10. The van der Waals surface area contributed by atoms with Crippen LogP contribution >= 0.6 is 0 Å². The molecule has 4 heteroatoms. The maximum atomic E-state index is 12.7. The number of allylic oxidation sites excluding steroid dienone is 2. The van der Waals surface area contributed by atoms with Gasteiger partial charge in [-0.05, 0) is 48.9 Å². The zero-order valence-electron chi connectivity index (χ0n) is 11.9. The van der Waals surface area contributed by atoms with E-state index in [1.54, 1.807) is 31.4 Å². The number of rotatable bonds is 2. The smallest absolute Gasteiger partial charge is 0.238 e. The molecule has 0 radical (unpaired) electrons. The van der Waals surface area contributed by atoms with Gasteiger partial charge in [-0.15, -0.1) is 0 Å². The lowest BCUT2D eigenvalue weighted by Gasteiger charge is -2.38. The van der Waals surface area contributed by atoms with Gasteiger partial charge in [-0.1, -0.05) is 12.2 Å². The van der Waals surface area contributed by atoms with Crippen LogP contribution < -0.4 is 9.64 Å². The molecular weight excluding hydrogens is 266 g/mol. The van der Waals surface area contributed by atoms with E-state index in [2.05, 4.69) is 12.2 Å². The number of carbonyl (C=O) groups excluding carboxylic acids is 2. The van der Waals surface area contributed by atoms with Crippen LogP contribution in [0.3, 0.4) is 0 Å². The molecule has 5 rings (SSSR count). The number of amides is 2. The molecule has 108 valence electrons. The summed E-state index contributed by atoms with van der Waals surface area (Å²) in [5.41, 5.74) is 0.652. The first-order valence-electron chi connectivity index (χ1n) is 7.41. The van der Waals surface area contributed by atoms with Crippen LogP contribution in [0.5, 0.6) is 5.75 Å². The summed E-state index contributed by atoms with van der Waals surface area (Å²) < 4.78 is 5.13. The highest BCUT2D eigenvalue weighted by Crippen LogP contribution is 2.50. The maximum absolute atomic E-state index is 12.7. The Balaban J connectivity index is 1.71. The molecule has 2 amide bonds. The molecule has 0 N–H and O–H groups in total. The van der Waals surface area contributed by atoms with Gasteiger partial charge in [-0.3, -0.25) is 14.5 Å². The Kier molecular flexibility index (Phi) is 2.67. The minimum atomic E-state index is -0.150. The van der Waals surface area contributed by atoms with Gasteiger partial charge in [0.25, 0.3) is 0 Å². The molecule has 1 aromatic rings. The third-order valence-electron chi connectivity index (χ3n) is 5.09. The van der Waals surface area contributed by atoms with Crippen LogP contribution in [0, 0.1) is 23.7 Å². The number of imide groups is 1. The molecule has 4 nitrogen and oxygen atoms in total. The predicted octanol–water partition coefficient (Wildman–Crippen LogP) is 2.40. The van der Waals surface area contributed by atoms with E-state index in [1.165, 1.54) is 4.90 Å². The minimum absolute atomic E-state index is 0.0331. The molecule has 1 saturated heterocycles. The Morgan fingerprint density at radius 3 is 1.90 bits per heavy atom. The molecule has 1 aromatic carbocycles. The average Bonchev–Trinajstić information content (AvgIpc) is 2.82. The summed E-state index contributed by atoms with van der Waals surface area (Å²) in [6.07, 6.45) is 6.33. The molecule has 0 unspecified atom stereocenters. The van der Waals surface area contributed by atoms with Gasteiger partial charge in [0.15, 0.2) is 0 Å². The van der Waals surface area contributed by atoms with Crippen LogP contribution in [0.4, 0.5) is 5.69 Å². The highest BCUT2D eigenvalue weighted by Gasteiger charge is 2.56. The van der Waals surface area contributed by atoms with Crippen molar-refractivity contribution in [2.45, 2.75) is 12.8 Å². The SMILES string of the molecule is COc1ccc(N2C(=O)[C@H]3[C@H](C2=O)[C@@H]2C=C[C@@H]3CC2)cc1. The van der Waals surface area contributed by atoms with Crippen molar-refractivity contribution in [3.8, 4) is 5.75 Å². The van der Waals surface area contributed by atoms with Crippen LogP contribution in [0.1, 0.15) is 12.8 Å². The monoisotopic (exact) mass is 283 g/mol. The Labute approximate surface area is 123 Å². The van der Waals surface area contributed by atoms with Crippen molar-refractivity contribution >= 4 is 17.5 Å². The molecule has 0 spiro atoms. The molecule has 4 atom stereocenters. The Bertz CT molecular complexity index is 602. The van der Waals surface area contributed by atoms with Crippen LogP contribution in [-0.2, 0) is 9.59 Å². The number of hydrogen-bond donors (Lipinski definition) is 0. The lowest BCUT2D eigenvalue weighted by atomic mass is 9.63. The first-order valence-corrected chi connectivity index (χ1v) is 7.41. The zero-order chi connectivity index (χ0) is 14.6. The molecule has 21 heavy (non-hydrogen) atoms. The average molecular weight is 283 g/mol. The quantitative estimate of drug-likeness (QED) is 0.618. The van der Waals surface area contributed by atoms with E-state index < -0.39 is 0 Å². The third-order valence-corrected chi connectivity index (χ3v) is 5.09. The van der Waals surface area contributed by atoms with Gasteiger partial charge in [-0.25, -0.2) is 0 Å². The van der Waals surface area contributed by atoms with Crippen molar-refractivity contribution in [2.24, 2.45) is 23.7 Å². The Morgan fingerprint density at radius 2 is 1.48 bits per heavy atom. The molecule has 1 saturated carbocycles. The summed E-state index contributed by atoms with van der Waals surface area (Å²) >= 11 is 0. The first-order chi connectivity index (χ1) is 10.2. The van der Waals surface area contributed by atoms with Gasteiger partial charge in [0.2, 0.25) is 11.8 Å². The number of methoxy groups -OCH3 is 1. The van der Waals surface area contributed by atoms with Crippen molar-refractivity contribution in [2.75, 3.05) is 12.0 Å². The summed E-state index contributed by atoms with van der Waals surface area (Å²) in [5, 5.41) is 0. The van der Waals surface area contributed by atoms with Gasteiger partial charge in [0, 0.05) is 0 Å². The fourth-order valence-electron chi connectivity index (χ4n) is 4.06. The summed E-state index contributed by atoms with van der Waals surface area (Å²) in [7, 11) is 1.60. The van der Waals surface area contributed by atoms with Crippen LogP contribution in [0.2, 0.25) is 0 Å². The summed E-state index contributed by atoms with van der Waals surface area (Å²) in [6.45, 7) is 0. The lowest BCUT2D eigenvalue weighted by Crippen LogP contribution is -2.38. The second-order valence-electron chi connectivity index (χ2n) is 6.05. The molecule has 3 aliphatic carbocycles. The molecule has 4 aliphatic rings. The largest absolute Gasteiger partial charge is 0.497 e. The van der Waals surface area contributed by atoms with E-state index in [1.807, 2.05) is 0 Å². The van der Waals surface area contributed by atoms with Gasteiger partial charge >= 0.3 is 0 Å². The van der Waals surface area contributed by atoms with E-state index in [0.29, 0.717) is 5.69 Å². The number of ether oxygens (including phenoxy) is 1. The second-order valence-corrected chi connectivity index (χ2v) is 6.05. The molecule has 2 bridgehead atoms. The van der Waals surface area contributed by atoms with E-state index in [4.69, 9.17) is 4.74 Å². The number of benzene rings is 1. The standard InChI is InChI=1S/C17H17NO3/c1-21-13-8-6-12(7-9-13)18-16(19)14-10-2-3-11(5-4-10)15(14)17(18)20/h2-3,6-11,14-15H,4-5H2,1H3/t10-,11-,14-,15-/m1/s1. The number of hydrogen-bond acceptors (Lipinski definition) is 3. The van der Waals surface area contributed by atoms with Crippen LogP contribution in [0.25, 0.3) is 0 Å². The van der Waals surface area contributed by atoms with Crippen molar-refractivity contribution in [1.29, 1.82) is 0 Å². The first kappa shape index (κ1) is 12.6. The van der Waals surface area contributed by atoms with Crippen molar-refractivity contribution < 1.29 is 14.3 Å². The summed E-state index contributed by atoms with van der Waals surface area (Å²) in [5.74, 6) is 0.825. The minimum Gasteiger partial charge on any atom is -0.497 e. The van der Waals surface area contributed by atoms with E-state index in [0.717, 1.165) is 18.6 Å². The molecule has 2 fully saturated rings. The van der Waals surface area contributed by atoms with Crippen molar-refractivity contribution in [1.82, 2.24) is 0 Å². The topological polar surface area (TPSA) is 46.6 Å². The van der Waals surface area contributed by atoms with Gasteiger partial charge in [0.1, 0.15) is 5.75 Å². The van der Waals surface area contributed by atoms with Gasteiger partial charge in [0.05, 0.1) is 24.6 Å². The fraction of sp³-hybridized carbons (Fsp3) is 0.412. The van der Waals surface area contributed by atoms with Gasteiger partial charge in [-0.2, -0.15) is 0 Å². The Morgan fingerprint density at radius 1 is 0.952 bits per heavy atom. The molecule has 1 aliphatic heterocycles. The molecular formula is C17H17NO3. The second kappa shape index (κ2) is 4.45. The number of carbonyl (C=O) groups is 2. The number of nitrogens with zero attached hydrogens (tertiary/aromatic N) is 1. The van der Waals surface area contributed by atoms with Gasteiger partial charge < -0.3 is 4.74 Å². The van der Waals surface area contributed by atoms with Crippen LogP contribution in [-0.4, -0.2) is 18.9 Å². The highest BCUT2D eigenvalue weighted by molar-refractivity contribution is 6.22. The summed E-state index contributed by atoms with van der Waals surface area (Å²) in [6, 6.07) is 7.12. The van der Waals surface area contributed by atoms with Crippen LogP contribution in [0.15, 0.2) is 36.4 Å².